The highest BCUT2D eigenvalue weighted by Crippen LogP contribution is 2.37. The van der Waals surface area contributed by atoms with Crippen molar-refractivity contribution in [2.75, 3.05) is 13.1 Å². The lowest BCUT2D eigenvalue weighted by atomic mass is 9.93. The fourth-order valence-electron chi connectivity index (χ4n) is 3.41. The minimum absolute atomic E-state index is 0.0287. The van der Waals surface area contributed by atoms with Crippen LogP contribution in [0.4, 0.5) is 0 Å². The van der Waals surface area contributed by atoms with Crippen molar-refractivity contribution in [2.45, 2.75) is 50.6 Å². The summed E-state index contributed by atoms with van der Waals surface area (Å²) in [7, 11) is 0. The Hall–Kier alpha value is -1.10. The summed E-state index contributed by atoms with van der Waals surface area (Å²) in [5, 5.41) is 9.15. The van der Waals surface area contributed by atoms with E-state index in [0.29, 0.717) is 30.8 Å². The number of rotatable bonds is 5. The summed E-state index contributed by atoms with van der Waals surface area (Å²) in [4.78, 5) is 23.6. The quantitative estimate of drug-likeness (QED) is 0.663. The average molecular weight is 265 g/mol. The van der Waals surface area contributed by atoms with E-state index >= 15 is 0 Å². The number of carbonyl (C=O) groups excluding carboxylic acids is 2. The van der Waals surface area contributed by atoms with Crippen LogP contribution in [-0.4, -0.2) is 37.0 Å². The lowest BCUT2D eigenvalue weighted by molar-refractivity contribution is -0.124. The maximum atomic E-state index is 12.1. The van der Waals surface area contributed by atoms with E-state index in [9.17, 15) is 9.59 Å². The van der Waals surface area contributed by atoms with Gasteiger partial charge in [0, 0.05) is 19.0 Å². The van der Waals surface area contributed by atoms with Crippen molar-refractivity contribution in [3.05, 3.63) is 0 Å². The predicted molar refractivity (Wildman–Crippen MR) is 71.4 cm³/mol. The van der Waals surface area contributed by atoms with Crippen LogP contribution in [0.2, 0.25) is 0 Å². The number of hydrogen-bond donors (Lipinski definition) is 3. The molecule has 3 N–H and O–H groups in total. The highest BCUT2D eigenvalue weighted by molar-refractivity contribution is 5.83. The second kappa shape index (κ2) is 5.49. The first-order valence-corrected chi connectivity index (χ1v) is 7.54. The fourth-order valence-corrected chi connectivity index (χ4v) is 3.41. The Bertz CT molecular complexity index is 368. The SMILES string of the molecule is O=C(CCNC(=O)C1NCC2CCCC21)NC1CC1. The summed E-state index contributed by atoms with van der Waals surface area (Å²) in [5.41, 5.74) is 0. The molecule has 0 aromatic carbocycles. The molecule has 3 atom stereocenters. The fraction of sp³-hybridized carbons (Fsp3) is 0.857. The van der Waals surface area contributed by atoms with Gasteiger partial charge in [-0.1, -0.05) is 6.42 Å². The molecule has 3 fully saturated rings. The molecule has 2 saturated carbocycles. The Kier molecular flexibility index (Phi) is 3.73. The molecule has 1 saturated heterocycles. The molecule has 3 unspecified atom stereocenters. The van der Waals surface area contributed by atoms with Gasteiger partial charge in [0.05, 0.1) is 6.04 Å². The van der Waals surface area contributed by atoms with Gasteiger partial charge < -0.3 is 16.0 Å². The topological polar surface area (TPSA) is 70.2 Å². The van der Waals surface area contributed by atoms with Gasteiger partial charge in [0.2, 0.25) is 11.8 Å². The molecule has 5 heteroatoms. The van der Waals surface area contributed by atoms with Gasteiger partial charge >= 0.3 is 0 Å². The van der Waals surface area contributed by atoms with Gasteiger partial charge in [-0.05, 0) is 44.1 Å². The molecule has 0 aromatic rings. The lowest BCUT2D eigenvalue weighted by Gasteiger charge is -2.17. The molecule has 19 heavy (non-hydrogen) atoms. The number of hydrogen-bond acceptors (Lipinski definition) is 3. The van der Waals surface area contributed by atoms with Gasteiger partial charge in [-0.2, -0.15) is 0 Å². The molecule has 5 nitrogen and oxygen atoms in total. The molecule has 0 bridgehead atoms. The Morgan fingerprint density at radius 1 is 1.16 bits per heavy atom. The van der Waals surface area contributed by atoms with Gasteiger partial charge in [-0.25, -0.2) is 0 Å². The molecule has 0 spiro atoms. The molecule has 2 aliphatic carbocycles. The van der Waals surface area contributed by atoms with Gasteiger partial charge in [0.15, 0.2) is 0 Å². The minimum atomic E-state index is -0.0287. The van der Waals surface area contributed by atoms with Crippen LogP contribution >= 0.6 is 0 Å². The molecule has 1 aliphatic heterocycles. The van der Waals surface area contributed by atoms with Crippen molar-refractivity contribution in [1.82, 2.24) is 16.0 Å². The molecular weight excluding hydrogens is 242 g/mol. The molecule has 1 heterocycles. The number of fused-ring (bicyclic) bond motifs is 1. The first-order valence-electron chi connectivity index (χ1n) is 7.54. The van der Waals surface area contributed by atoms with Gasteiger partial charge in [0.25, 0.3) is 0 Å². The Balaban J connectivity index is 1.37. The molecule has 106 valence electrons. The van der Waals surface area contributed by atoms with Crippen LogP contribution in [0.25, 0.3) is 0 Å². The summed E-state index contributed by atoms with van der Waals surface area (Å²) in [6.45, 7) is 1.43. The van der Waals surface area contributed by atoms with Crippen molar-refractivity contribution in [2.24, 2.45) is 11.8 Å². The zero-order chi connectivity index (χ0) is 13.2. The standard InChI is InChI=1S/C14H23N3O2/c18-12(17-10-4-5-10)6-7-15-14(19)13-11-3-1-2-9(11)8-16-13/h9-11,13,16H,1-8H2,(H,15,19)(H,17,18). The van der Waals surface area contributed by atoms with E-state index in [1.54, 1.807) is 0 Å². The number of amides is 2. The highest BCUT2D eigenvalue weighted by Gasteiger charge is 2.42. The van der Waals surface area contributed by atoms with Crippen molar-refractivity contribution in [3.63, 3.8) is 0 Å². The van der Waals surface area contributed by atoms with Crippen molar-refractivity contribution in [3.8, 4) is 0 Å². The zero-order valence-corrected chi connectivity index (χ0v) is 11.3. The maximum absolute atomic E-state index is 12.1. The van der Waals surface area contributed by atoms with E-state index in [1.165, 1.54) is 12.8 Å². The zero-order valence-electron chi connectivity index (χ0n) is 11.3. The smallest absolute Gasteiger partial charge is 0.237 e. The summed E-state index contributed by atoms with van der Waals surface area (Å²) in [5.74, 6) is 1.34. The average Bonchev–Trinajstić information content (AvgIpc) is 2.90. The van der Waals surface area contributed by atoms with Crippen LogP contribution in [0, 0.1) is 11.8 Å². The van der Waals surface area contributed by atoms with Crippen LogP contribution in [-0.2, 0) is 9.59 Å². The first-order chi connectivity index (χ1) is 9.24. The largest absolute Gasteiger partial charge is 0.354 e. The molecule has 3 aliphatic rings. The second-order valence-electron chi connectivity index (χ2n) is 6.12. The van der Waals surface area contributed by atoms with Crippen molar-refractivity contribution >= 4 is 11.8 Å². The maximum Gasteiger partial charge on any atom is 0.237 e. The van der Waals surface area contributed by atoms with E-state index in [0.717, 1.165) is 25.8 Å². The Labute approximate surface area is 113 Å². The van der Waals surface area contributed by atoms with Gasteiger partial charge in [-0.15, -0.1) is 0 Å². The monoisotopic (exact) mass is 265 g/mol. The van der Waals surface area contributed by atoms with Crippen LogP contribution in [0.15, 0.2) is 0 Å². The molecular formula is C14H23N3O2. The van der Waals surface area contributed by atoms with Crippen LogP contribution in [0.3, 0.4) is 0 Å². The molecule has 2 amide bonds. The Morgan fingerprint density at radius 3 is 2.79 bits per heavy atom. The summed E-state index contributed by atoms with van der Waals surface area (Å²) in [6.07, 6.45) is 6.27. The van der Waals surface area contributed by atoms with Crippen LogP contribution in [0.5, 0.6) is 0 Å². The van der Waals surface area contributed by atoms with Crippen molar-refractivity contribution in [1.29, 1.82) is 0 Å². The molecule has 0 radical (unpaired) electrons. The lowest BCUT2D eigenvalue weighted by Crippen LogP contribution is -2.44. The van der Waals surface area contributed by atoms with E-state index in [-0.39, 0.29) is 17.9 Å². The van der Waals surface area contributed by atoms with E-state index in [2.05, 4.69) is 16.0 Å². The summed E-state index contributed by atoms with van der Waals surface area (Å²) < 4.78 is 0. The number of carbonyl (C=O) groups is 2. The minimum Gasteiger partial charge on any atom is -0.354 e. The van der Waals surface area contributed by atoms with E-state index in [4.69, 9.17) is 0 Å². The first kappa shape index (κ1) is 12.9. The third-order valence-corrected chi connectivity index (χ3v) is 4.62. The highest BCUT2D eigenvalue weighted by atomic mass is 16.2. The second-order valence-corrected chi connectivity index (χ2v) is 6.12. The van der Waals surface area contributed by atoms with Crippen molar-refractivity contribution < 1.29 is 9.59 Å². The summed E-state index contributed by atoms with van der Waals surface area (Å²) >= 11 is 0. The van der Waals surface area contributed by atoms with E-state index in [1.807, 2.05) is 0 Å². The molecule has 0 aromatic heterocycles. The number of nitrogens with one attached hydrogen (secondary N) is 3. The molecule has 3 rings (SSSR count). The van der Waals surface area contributed by atoms with Gasteiger partial charge in [0.1, 0.15) is 0 Å². The van der Waals surface area contributed by atoms with Gasteiger partial charge in [-0.3, -0.25) is 9.59 Å². The predicted octanol–water partition coefficient (Wildman–Crippen LogP) is 0.159. The van der Waals surface area contributed by atoms with E-state index < -0.39 is 0 Å². The van der Waals surface area contributed by atoms with Crippen LogP contribution in [0.1, 0.15) is 38.5 Å². The summed E-state index contributed by atoms with van der Waals surface area (Å²) in [6, 6.07) is 0.373. The third-order valence-electron chi connectivity index (χ3n) is 4.62. The normalized spacial score (nSPS) is 32.9. The Morgan fingerprint density at radius 2 is 2.00 bits per heavy atom. The third kappa shape index (κ3) is 3.08. The van der Waals surface area contributed by atoms with Crippen LogP contribution < -0.4 is 16.0 Å².